The van der Waals surface area contributed by atoms with Crippen molar-refractivity contribution in [3.8, 4) is 11.4 Å². The molecule has 0 spiro atoms. The molecule has 0 aliphatic rings. The van der Waals surface area contributed by atoms with Gasteiger partial charge in [-0.15, -0.1) is 0 Å². The van der Waals surface area contributed by atoms with Crippen molar-refractivity contribution in [3.63, 3.8) is 0 Å². The topological polar surface area (TPSA) is 59.2 Å². The quantitative estimate of drug-likeness (QED) is 0.560. The molecule has 0 aliphatic heterocycles. The summed E-state index contributed by atoms with van der Waals surface area (Å²) >= 11 is 6.21. The number of hydrogen-bond acceptors (Lipinski definition) is 4. The summed E-state index contributed by atoms with van der Waals surface area (Å²) in [5, 5.41) is 4.53. The number of carbonyl (C=O) groups excluding carboxylic acids is 1. The molecule has 0 fully saturated rings. The number of halogens is 1. The van der Waals surface area contributed by atoms with E-state index in [1.165, 1.54) is 0 Å². The maximum Gasteiger partial charge on any atom is 0.255 e. The molecular formula is C22H24ClN3O2. The van der Waals surface area contributed by atoms with E-state index in [0.717, 1.165) is 11.1 Å². The fourth-order valence-electron chi connectivity index (χ4n) is 3.01. The molecule has 1 aromatic heterocycles. The van der Waals surface area contributed by atoms with Gasteiger partial charge in [-0.3, -0.25) is 4.79 Å². The third kappa shape index (κ3) is 4.98. The summed E-state index contributed by atoms with van der Waals surface area (Å²) in [6.07, 6.45) is 0.488. The van der Waals surface area contributed by atoms with Crippen LogP contribution in [0.5, 0.6) is 0 Å². The largest absolute Gasteiger partial charge is 0.339 e. The van der Waals surface area contributed by atoms with E-state index in [4.69, 9.17) is 16.1 Å². The van der Waals surface area contributed by atoms with Crippen LogP contribution in [0.15, 0.2) is 53.1 Å². The van der Waals surface area contributed by atoms with Gasteiger partial charge in [-0.05, 0) is 31.0 Å². The molecule has 3 aromatic rings. The number of benzene rings is 2. The van der Waals surface area contributed by atoms with Gasteiger partial charge >= 0.3 is 0 Å². The van der Waals surface area contributed by atoms with Crippen LogP contribution in [0.4, 0.5) is 0 Å². The zero-order valence-electron chi connectivity index (χ0n) is 16.4. The van der Waals surface area contributed by atoms with Crippen LogP contribution < -0.4 is 0 Å². The van der Waals surface area contributed by atoms with Crippen molar-refractivity contribution < 1.29 is 9.32 Å². The van der Waals surface area contributed by atoms with Gasteiger partial charge in [0.05, 0.1) is 10.6 Å². The third-order valence-corrected chi connectivity index (χ3v) is 4.65. The van der Waals surface area contributed by atoms with Gasteiger partial charge < -0.3 is 9.42 Å². The molecule has 0 bridgehead atoms. The summed E-state index contributed by atoms with van der Waals surface area (Å²) in [6.45, 7) is 7.29. The second-order valence-electron chi connectivity index (χ2n) is 7.26. The van der Waals surface area contributed by atoms with Crippen molar-refractivity contribution >= 4 is 17.5 Å². The average Bonchev–Trinajstić information content (AvgIpc) is 3.14. The zero-order chi connectivity index (χ0) is 20.1. The number of carbonyl (C=O) groups is 1. The van der Waals surface area contributed by atoms with E-state index in [9.17, 15) is 4.79 Å². The second-order valence-corrected chi connectivity index (χ2v) is 7.66. The predicted molar refractivity (Wildman–Crippen MR) is 110 cm³/mol. The van der Waals surface area contributed by atoms with Crippen molar-refractivity contribution in [2.24, 2.45) is 5.92 Å². The molecule has 0 unspecified atom stereocenters. The Morgan fingerprint density at radius 2 is 1.96 bits per heavy atom. The van der Waals surface area contributed by atoms with Crippen molar-refractivity contribution in [2.75, 3.05) is 13.1 Å². The number of rotatable bonds is 7. The van der Waals surface area contributed by atoms with E-state index in [2.05, 4.69) is 24.0 Å². The number of nitrogens with zero attached hydrogens (tertiary/aromatic N) is 3. The fourth-order valence-corrected chi connectivity index (χ4v) is 3.23. The standard InChI is InChI=1S/C22H24ClN3O2/c1-15(2)14-26(22(27)18-9-4-5-10-19(18)23)12-11-20-24-21(25-28-20)17-8-6-7-16(3)13-17/h4-10,13,15H,11-12,14H2,1-3H3. The zero-order valence-corrected chi connectivity index (χ0v) is 17.1. The van der Waals surface area contributed by atoms with Crippen LogP contribution in [0.1, 0.15) is 35.7 Å². The molecular weight excluding hydrogens is 374 g/mol. The number of aromatic nitrogens is 2. The summed E-state index contributed by atoms with van der Waals surface area (Å²) < 4.78 is 5.40. The molecule has 5 nitrogen and oxygen atoms in total. The number of aryl methyl sites for hydroxylation is 1. The smallest absolute Gasteiger partial charge is 0.255 e. The van der Waals surface area contributed by atoms with Crippen LogP contribution in [0.3, 0.4) is 0 Å². The minimum absolute atomic E-state index is 0.0854. The first kappa shape index (κ1) is 20.1. The summed E-state index contributed by atoms with van der Waals surface area (Å²) in [4.78, 5) is 19.2. The van der Waals surface area contributed by atoms with Crippen LogP contribution in [-0.4, -0.2) is 34.0 Å². The number of amides is 1. The highest BCUT2D eigenvalue weighted by Crippen LogP contribution is 2.19. The summed E-state index contributed by atoms with van der Waals surface area (Å²) in [6, 6.07) is 15.1. The van der Waals surface area contributed by atoms with Crippen LogP contribution >= 0.6 is 11.6 Å². The van der Waals surface area contributed by atoms with Crippen molar-refractivity contribution in [2.45, 2.75) is 27.2 Å². The molecule has 0 N–H and O–H groups in total. The lowest BCUT2D eigenvalue weighted by atomic mass is 10.1. The predicted octanol–water partition coefficient (Wildman–Crippen LogP) is 5.04. The Balaban J connectivity index is 1.72. The van der Waals surface area contributed by atoms with Gasteiger partial charge in [-0.2, -0.15) is 4.98 Å². The Hall–Kier alpha value is -2.66. The van der Waals surface area contributed by atoms with Gasteiger partial charge in [-0.1, -0.05) is 66.5 Å². The van der Waals surface area contributed by atoms with Crippen LogP contribution in [-0.2, 0) is 6.42 Å². The van der Waals surface area contributed by atoms with E-state index in [1.807, 2.05) is 43.3 Å². The van der Waals surface area contributed by atoms with Crippen molar-refractivity contribution in [3.05, 3.63) is 70.6 Å². The lowest BCUT2D eigenvalue weighted by Gasteiger charge is -2.24. The molecule has 0 saturated heterocycles. The summed E-state index contributed by atoms with van der Waals surface area (Å²) in [7, 11) is 0. The highest BCUT2D eigenvalue weighted by molar-refractivity contribution is 6.33. The monoisotopic (exact) mass is 397 g/mol. The Morgan fingerprint density at radius 1 is 1.18 bits per heavy atom. The molecule has 28 heavy (non-hydrogen) atoms. The summed E-state index contributed by atoms with van der Waals surface area (Å²) in [5.74, 6) is 1.32. The van der Waals surface area contributed by atoms with Gasteiger partial charge in [0.2, 0.25) is 11.7 Å². The van der Waals surface area contributed by atoms with Gasteiger partial charge in [0.25, 0.3) is 5.91 Å². The Bertz CT molecular complexity index is 952. The molecule has 0 saturated carbocycles. The Labute approximate surface area is 170 Å². The normalized spacial score (nSPS) is 11.0. The SMILES string of the molecule is Cc1cccc(-c2noc(CCN(CC(C)C)C(=O)c3ccccc3Cl)n2)c1. The van der Waals surface area contributed by atoms with Gasteiger partial charge in [0.1, 0.15) is 0 Å². The molecule has 3 rings (SSSR count). The molecule has 2 aromatic carbocycles. The minimum atomic E-state index is -0.0854. The van der Waals surface area contributed by atoms with Crippen molar-refractivity contribution in [1.82, 2.24) is 15.0 Å². The highest BCUT2D eigenvalue weighted by Gasteiger charge is 2.20. The van der Waals surface area contributed by atoms with E-state index < -0.39 is 0 Å². The van der Waals surface area contributed by atoms with E-state index >= 15 is 0 Å². The van der Waals surface area contributed by atoms with E-state index in [1.54, 1.807) is 17.0 Å². The first-order valence-corrected chi connectivity index (χ1v) is 9.75. The maximum atomic E-state index is 13.0. The lowest BCUT2D eigenvalue weighted by Crippen LogP contribution is -2.36. The molecule has 0 atom stereocenters. The molecule has 1 heterocycles. The lowest BCUT2D eigenvalue weighted by molar-refractivity contribution is 0.0735. The van der Waals surface area contributed by atoms with Crippen LogP contribution in [0.2, 0.25) is 5.02 Å². The first-order chi connectivity index (χ1) is 13.4. The minimum Gasteiger partial charge on any atom is -0.339 e. The molecule has 6 heteroatoms. The molecule has 0 radical (unpaired) electrons. The van der Waals surface area contributed by atoms with Gasteiger partial charge in [0, 0.05) is 25.1 Å². The summed E-state index contributed by atoms with van der Waals surface area (Å²) in [5.41, 5.74) is 2.56. The molecule has 0 aliphatic carbocycles. The molecule has 1 amide bonds. The average molecular weight is 398 g/mol. The van der Waals surface area contributed by atoms with Gasteiger partial charge in [0.15, 0.2) is 0 Å². The maximum absolute atomic E-state index is 13.0. The van der Waals surface area contributed by atoms with Crippen molar-refractivity contribution in [1.29, 1.82) is 0 Å². The van der Waals surface area contributed by atoms with Gasteiger partial charge in [-0.25, -0.2) is 0 Å². The Morgan fingerprint density at radius 3 is 2.68 bits per heavy atom. The van der Waals surface area contributed by atoms with E-state index in [0.29, 0.717) is 47.7 Å². The van der Waals surface area contributed by atoms with Crippen LogP contribution in [0, 0.1) is 12.8 Å². The van der Waals surface area contributed by atoms with Crippen LogP contribution in [0.25, 0.3) is 11.4 Å². The Kier molecular flexibility index (Phi) is 6.47. The fraction of sp³-hybridized carbons (Fsp3) is 0.318. The number of hydrogen-bond donors (Lipinski definition) is 0. The molecule has 146 valence electrons. The third-order valence-electron chi connectivity index (χ3n) is 4.32. The first-order valence-electron chi connectivity index (χ1n) is 9.37. The second kappa shape index (κ2) is 9.02. The highest BCUT2D eigenvalue weighted by atomic mass is 35.5. The van der Waals surface area contributed by atoms with E-state index in [-0.39, 0.29) is 5.91 Å².